The van der Waals surface area contributed by atoms with E-state index in [9.17, 15) is 9.59 Å². The second-order valence-corrected chi connectivity index (χ2v) is 7.94. The first kappa shape index (κ1) is 21.2. The number of hydrogen-bond acceptors (Lipinski definition) is 5. The normalized spacial score (nSPS) is 17.2. The third kappa shape index (κ3) is 5.74. The summed E-state index contributed by atoms with van der Waals surface area (Å²) >= 11 is 5.29. The second-order valence-electron chi connectivity index (χ2n) is 7.55. The van der Waals surface area contributed by atoms with Gasteiger partial charge in [-0.1, -0.05) is 29.8 Å². The largest absolute Gasteiger partial charge is 0.369 e. The van der Waals surface area contributed by atoms with Gasteiger partial charge >= 0.3 is 0 Å². The molecule has 3 rings (SSSR count). The Morgan fingerprint density at radius 1 is 1.34 bits per heavy atom. The molecular weight excluding hydrogens is 388 g/mol. The Morgan fingerprint density at radius 2 is 2.10 bits per heavy atom. The van der Waals surface area contributed by atoms with Crippen molar-refractivity contribution in [1.29, 1.82) is 0 Å². The van der Waals surface area contributed by atoms with E-state index in [0.717, 1.165) is 43.5 Å². The fraction of sp³-hybridized carbons (Fsp3) is 0.500. The topological polar surface area (TPSA) is 109 Å². The fourth-order valence-electron chi connectivity index (χ4n) is 3.61. The van der Waals surface area contributed by atoms with Crippen molar-refractivity contribution in [3.8, 4) is 11.4 Å². The number of hydrogen-bond donors (Lipinski definition) is 3. The van der Waals surface area contributed by atoms with Crippen LogP contribution in [0.2, 0.25) is 0 Å². The zero-order chi connectivity index (χ0) is 20.8. The lowest BCUT2D eigenvalue weighted by Crippen LogP contribution is -2.42. The molecule has 8 nitrogen and oxygen atoms in total. The average molecular weight is 417 g/mol. The zero-order valence-electron chi connectivity index (χ0n) is 16.7. The van der Waals surface area contributed by atoms with Gasteiger partial charge < -0.3 is 16.0 Å². The van der Waals surface area contributed by atoms with Gasteiger partial charge in [0.05, 0.1) is 5.92 Å². The Hall–Kier alpha value is -2.52. The summed E-state index contributed by atoms with van der Waals surface area (Å²) in [7, 11) is 0. The molecule has 2 amide bonds. The molecule has 0 aliphatic carbocycles. The highest BCUT2D eigenvalue weighted by atomic mass is 32.1. The Bertz CT molecular complexity index is 904. The second kappa shape index (κ2) is 9.80. The molecule has 4 N–H and O–H groups in total. The van der Waals surface area contributed by atoms with E-state index < -0.39 is 0 Å². The Morgan fingerprint density at radius 3 is 2.83 bits per heavy atom. The molecule has 1 saturated heterocycles. The minimum absolute atomic E-state index is 0.0542. The van der Waals surface area contributed by atoms with Crippen LogP contribution in [-0.4, -0.2) is 57.7 Å². The van der Waals surface area contributed by atoms with Crippen molar-refractivity contribution in [2.24, 2.45) is 11.7 Å². The van der Waals surface area contributed by atoms with E-state index in [2.05, 4.69) is 20.4 Å². The molecule has 1 atom stereocenters. The molecule has 2 aromatic rings. The molecule has 1 unspecified atom stereocenters. The lowest BCUT2D eigenvalue weighted by Gasteiger charge is -2.31. The number of nitrogens with zero attached hydrogens (tertiary/aromatic N) is 3. The van der Waals surface area contributed by atoms with Gasteiger partial charge in [-0.3, -0.25) is 19.3 Å². The van der Waals surface area contributed by atoms with Crippen LogP contribution in [0, 0.1) is 17.6 Å². The predicted octanol–water partition coefficient (Wildman–Crippen LogP) is 1.62. The van der Waals surface area contributed by atoms with Crippen LogP contribution in [0.5, 0.6) is 0 Å². The molecule has 2 heterocycles. The average Bonchev–Trinajstić information content (AvgIpc) is 3.06. The number of likely N-dealkylation sites (tertiary alicyclic amines) is 1. The lowest BCUT2D eigenvalue weighted by atomic mass is 9.97. The van der Waals surface area contributed by atoms with Gasteiger partial charge in [-0.25, -0.2) is 0 Å². The predicted molar refractivity (Wildman–Crippen MR) is 114 cm³/mol. The number of rotatable bonds is 8. The van der Waals surface area contributed by atoms with Crippen LogP contribution in [-0.2, 0) is 16.1 Å². The first-order chi connectivity index (χ1) is 13.9. The van der Waals surface area contributed by atoms with Crippen molar-refractivity contribution in [3.05, 3.63) is 34.6 Å². The summed E-state index contributed by atoms with van der Waals surface area (Å²) in [6, 6.07) is 7.93. The number of primary amides is 1. The summed E-state index contributed by atoms with van der Waals surface area (Å²) in [6.45, 7) is 5.24. The highest BCUT2D eigenvalue weighted by Gasteiger charge is 2.23. The number of nitrogens with one attached hydrogen (secondary N) is 2. The Kier molecular flexibility index (Phi) is 7.16. The van der Waals surface area contributed by atoms with Crippen LogP contribution in [0.25, 0.3) is 11.4 Å². The Balaban J connectivity index is 1.48. The fourth-order valence-corrected chi connectivity index (χ4v) is 3.80. The summed E-state index contributed by atoms with van der Waals surface area (Å²) in [4.78, 5) is 26.0. The summed E-state index contributed by atoms with van der Waals surface area (Å²) in [5.41, 5.74) is 7.48. The van der Waals surface area contributed by atoms with Crippen molar-refractivity contribution >= 4 is 24.0 Å². The van der Waals surface area contributed by atoms with Crippen LogP contribution in [0.1, 0.15) is 24.8 Å². The molecule has 1 aromatic carbocycles. The molecule has 156 valence electrons. The van der Waals surface area contributed by atoms with Crippen molar-refractivity contribution < 1.29 is 9.59 Å². The van der Waals surface area contributed by atoms with E-state index in [1.165, 1.54) is 0 Å². The number of aromatic nitrogens is 3. The number of benzene rings is 1. The van der Waals surface area contributed by atoms with E-state index in [0.29, 0.717) is 23.7 Å². The van der Waals surface area contributed by atoms with Crippen LogP contribution in [0.3, 0.4) is 0 Å². The molecule has 29 heavy (non-hydrogen) atoms. The number of amides is 2. The molecule has 0 bridgehead atoms. The number of aromatic amines is 1. The third-order valence-electron chi connectivity index (χ3n) is 5.25. The highest BCUT2D eigenvalue weighted by molar-refractivity contribution is 7.71. The molecule has 1 aliphatic heterocycles. The molecule has 9 heteroatoms. The number of aryl methyl sites for hydroxylation is 1. The van der Waals surface area contributed by atoms with E-state index in [4.69, 9.17) is 18.0 Å². The summed E-state index contributed by atoms with van der Waals surface area (Å²) in [6.07, 6.45) is 2.68. The van der Waals surface area contributed by atoms with Crippen molar-refractivity contribution in [3.63, 3.8) is 0 Å². The van der Waals surface area contributed by atoms with Crippen molar-refractivity contribution in [2.75, 3.05) is 26.2 Å². The van der Waals surface area contributed by atoms with Gasteiger partial charge in [-0.15, -0.1) is 0 Å². The van der Waals surface area contributed by atoms with E-state index in [1.807, 2.05) is 31.2 Å². The number of H-pyrrole nitrogens is 1. The maximum absolute atomic E-state index is 12.4. The SMILES string of the molecule is Cc1ccc(-c2n[nH]c(=S)n2CC(=O)NCCCN2CCCC(C(N)=O)C2)cc1. The quantitative estimate of drug-likeness (QED) is 0.448. The summed E-state index contributed by atoms with van der Waals surface area (Å²) in [5, 5.41) is 9.98. The molecule has 1 fully saturated rings. The lowest BCUT2D eigenvalue weighted by molar-refractivity contribution is -0.123. The first-order valence-electron chi connectivity index (χ1n) is 9.94. The number of piperidine rings is 1. The minimum atomic E-state index is -0.218. The third-order valence-corrected chi connectivity index (χ3v) is 5.56. The van der Waals surface area contributed by atoms with Crippen molar-refractivity contribution in [1.82, 2.24) is 25.0 Å². The van der Waals surface area contributed by atoms with Gasteiger partial charge in [0.15, 0.2) is 10.6 Å². The van der Waals surface area contributed by atoms with Gasteiger partial charge in [0.1, 0.15) is 6.54 Å². The molecule has 1 aromatic heterocycles. The zero-order valence-corrected chi connectivity index (χ0v) is 17.5. The number of carbonyl (C=O) groups excluding carboxylic acids is 2. The van der Waals surface area contributed by atoms with Crippen LogP contribution >= 0.6 is 12.2 Å². The minimum Gasteiger partial charge on any atom is -0.369 e. The molecule has 0 radical (unpaired) electrons. The Labute approximate surface area is 175 Å². The molecule has 0 spiro atoms. The summed E-state index contributed by atoms with van der Waals surface area (Å²) in [5.74, 6) is 0.270. The number of nitrogens with two attached hydrogens (primary N) is 1. The number of carbonyl (C=O) groups is 2. The van der Waals surface area contributed by atoms with Crippen LogP contribution in [0.4, 0.5) is 0 Å². The van der Waals surface area contributed by atoms with Gasteiger partial charge in [-0.05, 0) is 51.5 Å². The maximum Gasteiger partial charge on any atom is 0.240 e. The van der Waals surface area contributed by atoms with E-state index >= 15 is 0 Å². The standard InChI is InChI=1S/C20H28N6O2S/c1-14-5-7-15(8-6-14)19-23-24-20(29)26(19)13-17(27)22-9-3-11-25-10-2-4-16(12-25)18(21)28/h5-8,16H,2-4,9-13H2,1H3,(H2,21,28)(H,22,27)(H,24,29). The van der Waals surface area contributed by atoms with Crippen LogP contribution < -0.4 is 11.1 Å². The monoisotopic (exact) mass is 416 g/mol. The van der Waals surface area contributed by atoms with E-state index in [-0.39, 0.29) is 24.3 Å². The molecule has 0 saturated carbocycles. The van der Waals surface area contributed by atoms with Gasteiger partial charge in [0.2, 0.25) is 11.8 Å². The summed E-state index contributed by atoms with van der Waals surface area (Å²) < 4.78 is 2.12. The smallest absolute Gasteiger partial charge is 0.240 e. The van der Waals surface area contributed by atoms with Crippen molar-refractivity contribution in [2.45, 2.75) is 32.7 Å². The highest BCUT2D eigenvalue weighted by Crippen LogP contribution is 2.18. The molecular formula is C20H28N6O2S. The van der Waals surface area contributed by atoms with Gasteiger partial charge in [-0.2, -0.15) is 5.10 Å². The van der Waals surface area contributed by atoms with E-state index in [1.54, 1.807) is 4.57 Å². The maximum atomic E-state index is 12.4. The first-order valence-corrected chi connectivity index (χ1v) is 10.4. The van der Waals surface area contributed by atoms with Crippen LogP contribution in [0.15, 0.2) is 24.3 Å². The molecule has 1 aliphatic rings. The van der Waals surface area contributed by atoms with Gasteiger partial charge in [0, 0.05) is 18.7 Å². The van der Waals surface area contributed by atoms with Gasteiger partial charge in [0.25, 0.3) is 0 Å².